The maximum absolute atomic E-state index is 13.7. The van der Waals surface area contributed by atoms with Gasteiger partial charge >= 0.3 is 0 Å². The Bertz CT molecular complexity index is 1150. The lowest BCUT2D eigenvalue weighted by molar-refractivity contribution is -0.140. The van der Waals surface area contributed by atoms with Crippen LogP contribution in [0.2, 0.25) is 0 Å². The van der Waals surface area contributed by atoms with E-state index in [1.165, 1.54) is 0 Å². The highest BCUT2D eigenvalue weighted by Crippen LogP contribution is 2.33. The fraction of sp³-hybridized carbons (Fsp3) is 0.679. The number of ether oxygens (including phenoxy) is 1. The van der Waals surface area contributed by atoms with Gasteiger partial charge in [-0.3, -0.25) is 38.9 Å². The number of hydrogen-bond donors (Lipinski definition) is 6. The van der Waals surface area contributed by atoms with Crippen LogP contribution in [0.15, 0.2) is 9.81 Å². The van der Waals surface area contributed by atoms with Gasteiger partial charge in [-0.05, 0) is 18.3 Å². The molecule has 0 radical (unpaired) electrons. The van der Waals surface area contributed by atoms with Crippen LogP contribution in [0.5, 0.6) is 0 Å². The maximum Gasteiger partial charge on any atom is 0.265 e. The Morgan fingerprint density at radius 3 is 2.00 bits per heavy atom. The summed E-state index contributed by atoms with van der Waals surface area (Å²) in [6, 6.07) is -1.88. The topological polar surface area (TPSA) is 229 Å². The molecule has 0 aliphatic carbocycles. The average molecular weight is 657 g/mol. The Balaban J connectivity index is 2.11. The third-order valence-corrected chi connectivity index (χ3v) is 9.62. The molecular weight excluding hydrogens is 612 g/mol. The third-order valence-electron chi connectivity index (χ3n) is 7.32. The molecule has 0 aromatic heterocycles. The lowest BCUT2D eigenvalue weighted by Crippen LogP contribution is -2.64. The zero-order chi connectivity index (χ0) is 33.0. The zero-order valence-corrected chi connectivity index (χ0v) is 27.3. The van der Waals surface area contributed by atoms with E-state index >= 15 is 0 Å². The molecule has 1 fully saturated rings. The predicted molar refractivity (Wildman–Crippen MR) is 166 cm³/mol. The van der Waals surface area contributed by atoms with Gasteiger partial charge in [-0.25, -0.2) is 0 Å². The van der Waals surface area contributed by atoms with E-state index in [2.05, 4.69) is 21.3 Å². The van der Waals surface area contributed by atoms with Crippen molar-refractivity contribution >= 4 is 64.9 Å². The molecule has 2 aliphatic heterocycles. The second kappa shape index (κ2) is 17.4. The van der Waals surface area contributed by atoms with Gasteiger partial charge in [-0.2, -0.15) is 0 Å². The smallest absolute Gasteiger partial charge is 0.265 e. The lowest BCUT2D eigenvalue weighted by Gasteiger charge is -2.38. The van der Waals surface area contributed by atoms with E-state index in [0.29, 0.717) is 6.42 Å². The predicted octanol–water partition coefficient (Wildman–Crippen LogP) is -0.201. The molecule has 7 amide bonds. The van der Waals surface area contributed by atoms with Gasteiger partial charge in [0.05, 0.1) is 9.81 Å². The number of carbonyl (C=O) groups excluding carboxylic acids is 7. The summed E-state index contributed by atoms with van der Waals surface area (Å²) in [5.74, 6) is -3.71. The SMILES string of the molecule is CC[C@H](C)[C@H](NC(=O)[C@H](CC(C)C)NC(=O)C1(NC(=O)CCSC2=C(SCCC(N)=O)C(=O)NC2=O)CCOCC1)C(N)=O. The van der Waals surface area contributed by atoms with Crippen molar-refractivity contribution < 1.29 is 38.3 Å². The van der Waals surface area contributed by atoms with Gasteiger partial charge in [0.2, 0.25) is 29.5 Å². The summed E-state index contributed by atoms with van der Waals surface area (Å²) in [7, 11) is 0. The average Bonchev–Trinajstić information content (AvgIpc) is 3.22. The molecule has 14 nitrogen and oxygen atoms in total. The number of carbonyl (C=O) groups is 7. The first-order valence-corrected chi connectivity index (χ1v) is 16.6. The molecule has 0 unspecified atom stereocenters. The van der Waals surface area contributed by atoms with E-state index in [0.717, 1.165) is 23.5 Å². The molecule has 1 saturated heterocycles. The van der Waals surface area contributed by atoms with Crippen molar-refractivity contribution in [1.29, 1.82) is 0 Å². The normalized spacial score (nSPS) is 18.3. The summed E-state index contributed by atoms with van der Waals surface area (Å²) >= 11 is 2.07. The number of rotatable bonds is 18. The number of primary amides is 2. The minimum Gasteiger partial charge on any atom is -0.381 e. The first-order valence-electron chi connectivity index (χ1n) is 14.6. The van der Waals surface area contributed by atoms with Crippen molar-refractivity contribution in [2.24, 2.45) is 23.3 Å². The van der Waals surface area contributed by atoms with Gasteiger partial charge in [0, 0.05) is 50.4 Å². The van der Waals surface area contributed by atoms with Crippen LogP contribution < -0.4 is 32.7 Å². The van der Waals surface area contributed by atoms with E-state index in [1.54, 1.807) is 6.92 Å². The number of amides is 7. The molecule has 0 aromatic carbocycles. The molecule has 2 rings (SSSR count). The highest BCUT2D eigenvalue weighted by molar-refractivity contribution is 8.08. The Labute approximate surface area is 265 Å². The van der Waals surface area contributed by atoms with E-state index in [4.69, 9.17) is 16.2 Å². The van der Waals surface area contributed by atoms with Crippen molar-refractivity contribution in [2.45, 2.75) is 83.8 Å². The first kappa shape index (κ1) is 37.1. The molecular formula is C28H44N6O8S2. The lowest BCUT2D eigenvalue weighted by atomic mass is 9.87. The van der Waals surface area contributed by atoms with Gasteiger partial charge in [0.25, 0.3) is 11.8 Å². The molecule has 0 aromatic rings. The Morgan fingerprint density at radius 2 is 1.50 bits per heavy atom. The van der Waals surface area contributed by atoms with Crippen molar-refractivity contribution in [3.63, 3.8) is 0 Å². The Hall–Kier alpha value is -3.11. The van der Waals surface area contributed by atoms with Crippen molar-refractivity contribution in [1.82, 2.24) is 21.3 Å². The summed E-state index contributed by atoms with van der Waals surface area (Å²) in [6.07, 6.45) is 1.20. The van der Waals surface area contributed by atoms with Crippen LogP contribution >= 0.6 is 23.5 Å². The van der Waals surface area contributed by atoms with Crippen LogP contribution in [0.25, 0.3) is 0 Å². The largest absolute Gasteiger partial charge is 0.381 e. The monoisotopic (exact) mass is 656 g/mol. The summed E-state index contributed by atoms with van der Waals surface area (Å²) in [6.45, 7) is 7.88. The van der Waals surface area contributed by atoms with Crippen LogP contribution in [0, 0.1) is 11.8 Å². The summed E-state index contributed by atoms with van der Waals surface area (Å²) < 4.78 is 5.44. The standard InChI is InChI=1S/C28H44N6O8S2/c1-5-16(4)20(23(30)37)32-24(38)17(14-15(2)3)31-27(41)28(8-10-42-11-9-28)34-19(36)7-13-44-22-21(25(39)33-26(22)40)43-12-6-18(29)35/h15-17,20H,5-14H2,1-4H3,(H2,29,35)(H2,30,37)(H,31,41)(H,32,38)(H,34,36)(H,33,39,40)/t16-,17-,20-/m0/s1. The molecule has 8 N–H and O–H groups in total. The molecule has 44 heavy (non-hydrogen) atoms. The summed E-state index contributed by atoms with van der Waals surface area (Å²) in [4.78, 5) is 87.9. The summed E-state index contributed by atoms with van der Waals surface area (Å²) in [5.41, 5.74) is 9.33. The van der Waals surface area contributed by atoms with Crippen LogP contribution in [-0.4, -0.2) is 83.7 Å². The van der Waals surface area contributed by atoms with Gasteiger partial charge in [0.1, 0.15) is 17.6 Å². The van der Waals surface area contributed by atoms with E-state index in [9.17, 15) is 33.6 Å². The second-order valence-corrected chi connectivity index (χ2v) is 13.5. The molecule has 0 spiro atoms. The number of nitrogens with two attached hydrogens (primary N) is 2. The number of thioether (sulfide) groups is 2. The quantitative estimate of drug-likeness (QED) is 0.106. The van der Waals surface area contributed by atoms with Gasteiger partial charge < -0.3 is 32.2 Å². The molecule has 0 bridgehead atoms. The van der Waals surface area contributed by atoms with Gasteiger partial charge in [-0.15, -0.1) is 23.5 Å². The minimum absolute atomic E-state index is 0.0201. The van der Waals surface area contributed by atoms with E-state index in [1.807, 2.05) is 20.8 Å². The van der Waals surface area contributed by atoms with Crippen LogP contribution in [-0.2, 0) is 38.3 Å². The highest BCUT2D eigenvalue weighted by Gasteiger charge is 2.43. The van der Waals surface area contributed by atoms with E-state index in [-0.39, 0.29) is 78.5 Å². The minimum atomic E-state index is -1.34. The highest BCUT2D eigenvalue weighted by atomic mass is 32.2. The second-order valence-electron chi connectivity index (χ2n) is 11.3. The number of imide groups is 1. The van der Waals surface area contributed by atoms with E-state index < -0.39 is 59.0 Å². The Kier molecular flexibility index (Phi) is 14.7. The van der Waals surface area contributed by atoms with Crippen molar-refractivity contribution in [3.8, 4) is 0 Å². The van der Waals surface area contributed by atoms with Crippen LogP contribution in [0.4, 0.5) is 0 Å². The molecule has 2 heterocycles. The van der Waals surface area contributed by atoms with Gasteiger partial charge in [0.15, 0.2) is 0 Å². The number of hydrogen-bond acceptors (Lipinski definition) is 10. The zero-order valence-electron chi connectivity index (χ0n) is 25.6. The molecule has 16 heteroatoms. The molecule has 2 aliphatic rings. The summed E-state index contributed by atoms with van der Waals surface area (Å²) in [5, 5.41) is 10.5. The van der Waals surface area contributed by atoms with Gasteiger partial charge in [-0.1, -0.05) is 34.1 Å². The maximum atomic E-state index is 13.7. The van der Waals surface area contributed by atoms with Crippen LogP contribution in [0.1, 0.15) is 66.2 Å². The van der Waals surface area contributed by atoms with Crippen molar-refractivity contribution in [2.75, 3.05) is 24.7 Å². The molecule has 0 saturated carbocycles. The fourth-order valence-corrected chi connectivity index (χ4v) is 6.79. The Morgan fingerprint density at radius 1 is 0.932 bits per heavy atom. The fourth-order valence-electron chi connectivity index (χ4n) is 4.63. The first-order chi connectivity index (χ1) is 20.7. The molecule has 246 valence electrons. The molecule has 3 atom stereocenters. The number of nitrogens with one attached hydrogen (secondary N) is 4. The van der Waals surface area contributed by atoms with Crippen molar-refractivity contribution in [3.05, 3.63) is 9.81 Å². The third kappa shape index (κ3) is 10.8. The van der Waals surface area contributed by atoms with Crippen LogP contribution in [0.3, 0.4) is 0 Å².